The van der Waals surface area contributed by atoms with Crippen molar-refractivity contribution in [1.82, 2.24) is 5.32 Å². The zero-order valence-electron chi connectivity index (χ0n) is 9.17. The van der Waals surface area contributed by atoms with Crippen LogP contribution in [0.4, 0.5) is 4.39 Å². The van der Waals surface area contributed by atoms with Crippen molar-refractivity contribution < 1.29 is 9.13 Å². The topological polar surface area (TPSA) is 21.3 Å². The Morgan fingerprint density at radius 2 is 2.31 bits per heavy atom. The molecule has 1 rings (SSSR count). The summed E-state index contributed by atoms with van der Waals surface area (Å²) in [5, 5.41) is 3.13. The van der Waals surface area contributed by atoms with Crippen molar-refractivity contribution in [2.75, 3.05) is 13.2 Å². The van der Waals surface area contributed by atoms with Crippen LogP contribution in [0, 0.1) is 5.82 Å². The Labute approximate surface area is 100 Å². The van der Waals surface area contributed by atoms with Gasteiger partial charge in [0.15, 0.2) is 0 Å². The Hall–Kier alpha value is -1.06. The summed E-state index contributed by atoms with van der Waals surface area (Å²) in [5.41, 5.74) is 2.21. The van der Waals surface area contributed by atoms with E-state index >= 15 is 0 Å². The third-order valence-electron chi connectivity index (χ3n) is 2.01. The number of hydrogen-bond acceptors (Lipinski definition) is 2. The fraction of sp³-hybridized carbons (Fsp3) is 0.333. The van der Waals surface area contributed by atoms with Gasteiger partial charge in [-0.05, 0) is 30.8 Å². The first-order valence-electron chi connectivity index (χ1n) is 5.15. The molecule has 0 amide bonds. The van der Waals surface area contributed by atoms with E-state index in [1.807, 2.05) is 6.92 Å². The SMILES string of the molecule is CCNCc1cc(F)ccc1OC/C=C/Cl. The lowest BCUT2D eigenvalue weighted by molar-refractivity contribution is 0.357. The number of nitrogens with one attached hydrogen (secondary N) is 1. The lowest BCUT2D eigenvalue weighted by Crippen LogP contribution is -2.13. The molecule has 0 aromatic heterocycles. The molecule has 0 radical (unpaired) electrons. The highest BCUT2D eigenvalue weighted by molar-refractivity contribution is 6.25. The Kier molecular flexibility index (Phi) is 5.90. The van der Waals surface area contributed by atoms with E-state index in [2.05, 4.69) is 5.32 Å². The fourth-order valence-electron chi connectivity index (χ4n) is 1.26. The smallest absolute Gasteiger partial charge is 0.124 e. The van der Waals surface area contributed by atoms with Crippen LogP contribution in [-0.2, 0) is 6.54 Å². The summed E-state index contributed by atoms with van der Waals surface area (Å²) < 4.78 is 18.5. The van der Waals surface area contributed by atoms with Crippen molar-refractivity contribution >= 4 is 11.6 Å². The quantitative estimate of drug-likeness (QED) is 0.829. The Morgan fingerprint density at radius 3 is 3.00 bits per heavy atom. The molecule has 0 saturated heterocycles. The van der Waals surface area contributed by atoms with Gasteiger partial charge in [0.1, 0.15) is 18.2 Å². The van der Waals surface area contributed by atoms with Gasteiger partial charge in [0.25, 0.3) is 0 Å². The lowest BCUT2D eigenvalue weighted by Gasteiger charge is -2.10. The highest BCUT2D eigenvalue weighted by Gasteiger charge is 2.04. The molecule has 0 aliphatic heterocycles. The van der Waals surface area contributed by atoms with Gasteiger partial charge in [-0.1, -0.05) is 18.5 Å². The Morgan fingerprint density at radius 1 is 1.50 bits per heavy atom. The summed E-state index contributed by atoms with van der Waals surface area (Å²) in [6.45, 7) is 3.80. The first-order valence-corrected chi connectivity index (χ1v) is 5.58. The molecule has 4 heteroatoms. The van der Waals surface area contributed by atoms with Gasteiger partial charge in [-0.15, -0.1) is 0 Å². The van der Waals surface area contributed by atoms with E-state index < -0.39 is 0 Å². The molecule has 0 aliphatic carbocycles. The maximum absolute atomic E-state index is 13.0. The minimum Gasteiger partial charge on any atom is -0.489 e. The molecule has 2 nitrogen and oxygen atoms in total. The van der Waals surface area contributed by atoms with Gasteiger partial charge in [0.2, 0.25) is 0 Å². The summed E-state index contributed by atoms with van der Waals surface area (Å²) in [4.78, 5) is 0. The van der Waals surface area contributed by atoms with E-state index in [0.29, 0.717) is 18.9 Å². The third-order valence-corrected chi connectivity index (χ3v) is 2.19. The minimum absolute atomic E-state index is 0.256. The first kappa shape index (κ1) is 13.0. The highest BCUT2D eigenvalue weighted by Crippen LogP contribution is 2.19. The molecule has 0 saturated carbocycles. The molecule has 1 aromatic carbocycles. The van der Waals surface area contributed by atoms with Crippen molar-refractivity contribution in [3.8, 4) is 5.75 Å². The van der Waals surface area contributed by atoms with Crippen LogP contribution < -0.4 is 10.1 Å². The third kappa shape index (κ3) is 4.21. The minimum atomic E-state index is -0.256. The summed E-state index contributed by atoms with van der Waals surface area (Å²) in [7, 11) is 0. The largest absolute Gasteiger partial charge is 0.489 e. The number of ether oxygens (including phenoxy) is 1. The van der Waals surface area contributed by atoms with E-state index in [9.17, 15) is 4.39 Å². The van der Waals surface area contributed by atoms with E-state index in [1.165, 1.54) is 17.7 Å². The van der Waals surface area contributed by atoms with Gasteiger partial charge in [-0.2, -0.15) is 0 Å². The molecule has 0 atom stereocenters. The molecule has 1 aromatic rings. The maximum atomic E-state index is 13.0. The van der Waals surface area contributed by atoms with E-state index in [4.69, 9.17) is 16.3 Å². The average Bonchev–Trinajstić information content (AvgIpc) is 2.29. The first-order chi connectivity index (χ1) is 7.77. The predicted octanol–water partition coefficient (Wildman–Crippen LogP) is 3.07. The van der Waals surface area contributed by atoms with E-state index in [0.717, 1.165) is 12.1 Å². The van der Waals surface area contributed by atoms with Gasteiger partial charge < -0.3 is 10.1 Å². The fourth-order valence-corrected chi connectivity index (χ4v) is 1.33. The maximum Gasteiger partial charge on any atom is 0.124 e. The monoisotopic (exact) mass is 243 g/mol. The average molecular weight is 244 g/mol. The van der Waals surface area contributed by atoms with Gasteiger partial charge in [-0.3, -0.25) is 0 Å². The molecule has 0 heterocycles. The van der Waals surface area contributed by atoms with Crippen LogP contribution >= 0.6 is 11.6 Å². The molecular formula is C12H15ClFNO. The number of halogens is 2. The van der Waals surface area contributed by atoms with Crippen molar-refractivity contribution in [3.05, 3.63) is 41.2 Å². The molecule has 0 aliphatic rings. The molecule has 0 bridgehead atoms. The Balaban J connectivity index is 2.72. The van der Waals surface area contributed by atoms with Crippen LogP contribution in [0.25, 0.3) is 0 Å². The van der Waals surface area contributed by atoms with Gasteiger partial charge in [0.05, 0.1) is 0 Å². The van der Waals surface area contributed by atoms with E-state index in [1.54, 1.807) is 12.1 Å². The van der Waals surface area contributed by atoms with Crippen LogP contribution in [0.2, 0.25) is 0 Å². The second-order valence-corrected chi connectivity index (χ2v) is 3.46. The van der Waals surface area contributed by atoms with Gasteiger partial charge in [0, 0.05) is 17.6 Å². The van der Waals surface area contributed by atoms with Crippen molar-refractivity contribution in [1.29, 1.82) is 0 Å². The van der Waals surface area contributed by atoms with Crippen molar-refractivity contribution in [2.45, 2.75) is 13.5 Å². The molecule has 16 heavy (non-hydrogen) atoms. The van der Waals surface area contributed by atoms with Crippen molar-refractivity contribution in [3.63, 3.8) is 0 Å². The molecular weight excluding hydrogens is 229 g/mol. The second-order valence-electron chi connectivity index (χ2n) is 3.21. The van der Waals surface area contributed by atoms with Crippen LogP contribution in [0.3, 0.4) is 0 Å². The van der Waals surface area contributed by atoms with Gasteiger partial charge in [-0.25, -0.2) is 4.39 Å². The molecule has 88 valence electrons. The number of benzene rings is 1. The van der Waals surface area contributed by atoms with E-state index in [-0.39, 0.29) is 5.82 Å². The summed E-state index contributed by atoms with van der Waals surface area (Å²) >= 11 is 5.38. The normalized spacial score (nSPS) is 10.9. The zero-order chi connectivity index (χ0) is 11.8. The van der Waals surface area contributed by atoms with Crippen molar-refractivity contribution in [2.24, 2.45) is 0 Å². The predicted molar refractivity (Wildman–Crippen MR) is 64.3 cm³/mol. The second kappa shape index (κ2) is 7.25. The lowest BCUT2D eigenvalue weighted by atomic mass is 10.2. The molecule has 0 unspecified atom stereocenters. The van der Waals surface area contributed by atoms with Crippen LogP contribution in [0.15, 0.2) is 29.8 Å². The summed E-state index contributed by atoms with van der Waals surface area (Å²) in [6, 6.07) is 4.49. The van der Waals surface area contributed by atoms with Crippen LogP contribution in [0.1, 0.15) is 12.5 Å². The van der Waals surface area contributed by atoms with Gasteiger partial charge >= 0.3 is 0 Å². The van der Waals surface area contributed by atoms with Crippen LogP contribution in [-0.4, -0.2) is 13.2 Å². The standard InChI is InChI=1S/C12H15ClFNO/c1-2-15-9-10-8-11(14)4-5-12(10)16-7-3-6-13/h3-6,8,15H,2,7,9H2,1H3/b6-3+. The highest BCUT2D eigenvalue weighted by atomic mass is 35.5. The zero-order valence-corrected chi connectivity index (χ0v) is 9.93. The molecule has 0 spiro atoms. The summed E-state index contributed by atoms with van der Waals surface area (Å²) in [5.74, 6) is 0.422. The Bertz CT molecular complexity index is 355. The molecule has 0 fully saturated rings. The number of rotatable bonds is 6. The number of hydrogen-bond donors (Lipinski definition) is 1. The molecule has 1 N–H and O–H groups in total. The summed E-state index contributed by atoms with van der Waals surface area (Å²) in [6.07, 6.45) is 1.68. The van der Waals surface area contributed by atoms with Crippen LogP contribution in [0.5, 0.6) is 5.75 Å².